The molecule has 0 unspecified atom stereocenters. The number of amidine groups is 1. The fourth-order valence-corrected chi connectivity index (χ4v) is 3.22. The molecular weight excluding hydrogens is 282 g/mol. The highest BCUT2D eigenvalue weighted by molar-refractivity contribution is 7.13. The van der Waals surface area contributed by atoms with E-state index >= 15 is 0 Å². The molecule has 0 atom stereocenters. The summed E-state index contributed by atoms with van der Waals surface area (Å²) in [5.74, 6) is 1.06. The molecule has 2 rings (SSSR count). The molecular formula is C16H21N3OS. The molecule has 5 heteroatoms. The monoisotopic (exact) mass is 303 g/mol. The van der Waals surface area contributed by atoms with Crippen LogP contribution in [0.2, 0.25) is 0 Å². The van der Waals surface area contributed by atoms with Gasteiger partial charge in [0, 0.05) is 6.42 Å². The maximum atomic E-state index is 7.58. The van der Waals surface area contributed by atoms with Gasteiger partial charge >= 0.3 is 0 Å². The summed E-state index contributed by atoms with van der Waals surface area (Å²) >= 11 is 1.50. The molecule has 0 aliphatic heterocycles. The molecule has 0 aliphatic carbocycles. The second kappa shape index (κ2) is 6.72. The SMILES string of the molecule is CCc1nc(CCOc2c(C)cccc2C)sc1C(=N)N. The third-order valence-electron chi connectivity index (χ3n) is 3.29. The Morgan fingerprint density at radius 3 is 2.52 bits per heavy atom. The number of nitrogens with zero attached hydrogens (tertiary/aromatic N) is 1. The van der Waals surface area contributed by atoms with E-state index in [9.17, 15) is 0 Å². The van der Waals surface area contributed by atoms with Crippen molar-refractivity contribution in [2.75, 3.05) is 6.61 Å². The third kappa shape index (κ3) is 3.61. The molecule has 112 valence electrons. The molecule has 4 nitrogen and oxygen atoms in total. The first-order valence-corrected chi connectivity index (χ1v) is 7.86. The Kier molecular flexibility index (Phi) is 4.96. The molecule has 2 aromatic rings. The molecule has 0 amide bonds. The largest absolute Gasteiger partial charge is 0.493 e. The molecule has 1 aromatic carbocycles. The number of thiazole rings is 1. The van der Waals surface area contributed by atoms with Crippen LogP contribution in [0.5, 0.6) is 5.75 Å². The lowest BCUT2D eigenvalue weighted by Crippen LogP contribution is -2.11. The van der Waals surface area contributed by atoms with E-state index in [0.717, 1.165) is 45.3 Å². The van der Waals surface area contributed by atoms with Crippen LogP contribution in [0.1, 0.15) is 33.6 Å². The van der Waals surface area contributed by atoms with Gasteiger partial charge < -0.3 is 10.5 Å². The Balaban J connectivity index is 2.02. The quantitative estimate of drug-likeness (QED) is 0.635. The lowest BCUT2D eigenvalue weighted by molar-refractivity contribution is 0.317. The zero-order valence-corrected chi connectivity index (χ0v) is 13.5. The van der Waals surface area contributed by atoms with E-state index in [2.05, 4.69) is 31.0 Å². The lowest BCUT2D eigenvalue weighted by Gasteiger charge is -2.10. The Hall–Kier alpha value is -1.88. The second-order valence-electron chi connectivity index (χ2n) is 4.97. The number of para-hydroxylation sites is 1. The minimum atomic E-state index is 0.103. The summed E-state index contributed by atoms with van der Waals surface area (Å²) in [5.41, 5.74) is 8.79. The summed E-state index contributed by atoms with van der Waals surface area (Å²) in [6.07, 6.45) is 1.53. The number of ether oxygens (including phenoxy) is 1. The van der Waals surface area contributed by atoms with Gasteiger partial charge in [0.15, 0.2) is 0 Å². The highest BCUT2D eigenvalue weighted by atomic mass is 32.1. The fraction of sp³-hybridized carbons (Fsp3) is 0.375. The Labute approximate surface area is 129 Å². The number of benzene rings is 1. The second-order valence-corrected chi connectivity index (χ2v) is 6.05. The van der Waals surface area contributed by atoms with Crippen molar-refractivity contribution in [1.82, 2.24) is 4.98 Å². The van der Waals surface area contributed by atoms with Crippen molar-refractivity contribution >= 4 is 17.2 Å². The summed E-state index contributed by atoms with van der Waals surface area (Å²) in [5, 5.41) is 8.55. The number of nitrogens with one attached hydrogen (secondary N) is 1. The van der Waals surface area contributed by atoms with E-state index in [1.165, 1.54) is 11.3 Å². The highest BCUT2D eigenvalue weighted by Crippen LogP contribution is 2.23. The molecule has 0 fully saturated rings. The van der Waals surface area contributed by atoms with Crippen LogP contribution < -0.4 is 10.5 Å². The van der Waals surface area contributed by atoms with Gasteiger partial charge in [-0.05, 0) is 31.4 Å². The third-order valence-corrected chi connectivity index (χ3v) is 4.48. The van der Waals surface area contributed by atoms with E-state index in [1.54, 1.807) is 0 Å². The number of aromatic nitrogens is 1. The van der Waals surface area contributed by atoms with Gasteiger partial charge in [-0.25, -0.2) is 4.98 Å². The van der Waals surface area contributed by atoms with Crippen LogP contribution in [-0.2, 0) is 12.8 Å². The Morgan fingerprint density at radius 1 is 1.33 bits per heavy atom. The first kappa shape index (κ1) is 15.5. The van der Waals surface area contributed by atoms with Gasteiger partial charge in [-0.15, -0.1) is 11.3 Å². The average Bonchev–Trinajstić information content (AvgIpc) is 2.85. The molecule has 1 heterocycles. The van der Waals surface area contributed by atoms with Gasteiger partial charge in [-0.1, -0.05) is 25.1 Å². The number of aryl methyl sites for hydroxylation is 3. The minimum absolute atomic E-state index is 0.103. The van der Waals surface area contributed by atoms with E-state index in [0.29, 0.717) is 6.61 Å². The van der Waals surface area contributed by atoms with Crippen LogP contribution in [-0.4, -0.2) is 17.4 Å². The van der Waals surface area contributed by atoms with Crippen LogP contribution in [0.15, 0.2) is 18.2 Å². The first-order chi connectivity index (χ1) is 10.0. The number of nitrogens with two attached hydrogens (primary N) is 1. The molecule has 0 radical (unpaired) electrons. The van der Waals surface area contributed by atoms with Crippen molar-refractivity contribution in [1.29, 1.82) is 5.41 Å². The predicted molar refractivity (Wildman–Crippen MR) is 87.6 cm³/mol. The molecule has 0 spiro atoms. The van der Waals surface area contributed by atoms with Crippen molar-refractivity contribution in [3.8, 4) is 5.75 Å². The molecule has 21 heavy (non-hydrogen) atoms. The average molecular weight is 303 g/mol. The normalized spacial score (nSPS) is 10.6. The van der Waals surface area contributed by atoms with E-state index in [1.807, 2.05) is 13.0 Å². The topological polar surface area (TPSA) is 72.0 Å². The summed E-state index contributed by atoms with van der Waals surface area (Å²) in [7, 11) is 0. The number of hydrogen-bond donors (Lipinski definition) is 2. The molecule has 0 aliphatic rings. The lowest BCUT2D eigenvalue weighted by atomic mass is 10.1. The number of rotatable bonds is 6. The van der Waals surface area contributed by atoms with Crippen molar-refractivity contribution in [2.45, 2.75) is 33.6 Å². The van der Waals surface area contributed by atoms with Crippen LogP contribution >= 0.6 is 11.3 Å². The van der Waals surface area contributed by atoms with E-state index in [4.69, 9.17) is 15.9 Å². The van der Waals surface area contributed by atoms with E-state index < -0.39 is 0 Å². The van der Waals surface area contributed by atoms with Crippen molar-refractivity contribution < 1.29 is 4.74 Å². The molecule has 0 saturated carbocycles. The molecule has 3 N–H and O–H groups in total. The number of nitrogen functional groups attached to an aromatic ring is 1. The van der Waals surface area contributed by atoms with Crippen LogP contribution in [0, 0.1) is 19.3 Å². The van der Waals surface area contributed by atoms with Crippen LogP contribution in [0.25, 0.3) is 0 Å². The number of hydrogen-bond acceptors (Lipinski definition) is 4. The van der Waals surface area contributed by atoms with Gasteiger partial charge in [0.05, 0.1) is 22.2 Å². The first-order valence-electron chi connectivity index (χ1n) is 7.05. The molecule has 1 aromatic heterocycles. The minimum Gasteiger partial charge on any atom is -0.493 e. The smallest absolute Gasteiger partial charge is 0.135 e. The maximum absolute atomic E-state index is 7.58. The van der Waals surface area contributed by atoms with Crippen molar-refractivity contribution in [3.05, 3.63) is 44.9 Å². The van der Waals surface area contributed by atoms with Gasteiger partial charge in [-0.3, -0.25) is 5.41 Å². The van der Waals surface area contributed by atoms with Gasteiger partial charge in [0.25, 0.3) is 0 Å². The van der Waals surface area contributed by atoms with Gasteiger partial charge in [-0.2, -0.15) is 0 Å². The van der Waals surface area contributed by atoms with Crippen LogP contribution in [0.4, 0.5) is 0 Å². The van der Waals surface area contributed by atoms with Gasteiger partial charge in [0.2, 0.25) is 0 Å². The summed E-state index contributed by atoms with van der Waals surface area (Å²) in [6.45, 7) is 6.71. The van der Waals surface area contributed by atoms with Crippen molar-refractivity contribution in [3.63, 3.8) is 0 Å². The maximum Gasteiger partial charge on any atom is 0.135 e. The Morgan fingerprint density at radius 2 is 2.00 bits per heavy atom. The van der Waals surface area contributed by atoms with Gasteiger partial charge in [0.1, 0.15) is 11.6 Å². The standard InChI is InChI=1S/C16H21N3OS/c1-4-12-15(16(17)18)21-13(19-12)8-9-20-14-10(2)6-5-7-11(14)3/h5-7H,4,8-9H2,1-3H3,(H3,17,18). The summed E-state index contributed by atoms with van der Waals surface area (Å²) in [4.78, 5) is 5.33. The van der Waals surface area contributed by atoms with E-state index in [-0.39, 0.29) is 5.84 Å². The predicted octanol–water partition coefficient (Wildman–Crippen LogP) is 3.23. The molecule has 0 bridgehead atoms. The summed E-state index contributed by atoms with van der Waals surface area (Å²) in [6, 6.07) is 6.13. The van der Waals surface area contributed by atoms with Crippen molar-refractivity contribution in [2.24, 2.45) is 5.73 Å². The zero-order chi connectivity index (χ0) is 15.4. The molecule has 0 saturated heterocycles. The highest BCUT2D eigenvalue weighted by Gasteiger charge is 2.12. The zero-order valence-electron chi connectivity index (χ0n) is 12.7. The summed E-state index contributed by atoms with van der Waals surface area (Å²) < 4.78 is 5.90. The Bertz CT molecular complexity index is 629. The fourth-order valence-electron chi connectivity index (χ4n) is 2.23. The van der Waals surface area contributed by atoms with Crippen LogP contribution in [0.3, 0.4) is 0 Å².